The number of fused-ring (bicyclic) bond motifs is 1. The first-order valence-electron chi connectivity index (χ1n) is 8.46. The number of esters is 1. The summed E-state index contributed by atoms with van der Waals surface area (Å²) >= 11 is 0. The van der Waals surface area contributed by atoms with Crippen molar-refractivity contribution in [3.05, 3.63) is 41.4 Å². The number of phenols is 1. The lowest BCUT2D eigenvalue weighted by molar-refractivity contribution is -0.152. The Morgan fingerprint density at radius 3 is 2.78 bits per heavy atom. The molecule has 8 nitrogen and oxygen atoms in total. The summed E-state index contributed by atoms with van der Waals surface area (Å²) in [6.45, 7) is 5.15. The Kier molecular flexibility index (Phi) is 4.89. The van der Waals surface area contributed by atoms with Crippen molar-refractivity contribution in [1.82, 2.24) is 9.78 Å². The molecule has 0 saturated heterocycles. The number of phenolic OH excluding ortho intramolecular Hbond substituents is 1. The molecule has 2 heterocycles. The molecule has 3 aromatic rings. The number of nitrogens with one attached hydrogen (secondary N) is 1. The molecule has 2 aromatic heterocycles. The van der Waals surface area contributed by atoms with Gasteiger partial charge in [-0.25, -0.2) is 0 Å². The van der Waals surface area contributed by atoms with Gasteiger partial charge in [-0.05, 0) is 32.9 Å². The van der Waals surface area contributed by atoms with Gasteiger partial charge in [0.2, 0.25) is 0 Å². The third kappa shape index (κ3) is 3.79. The molecule has 2 N–H and O–H groups in total. The van der Waals surface area contributed by atoms with E-state index in [-0.39, 0.29) is 12.2 Å². The fraction of sp³-hybridized carbons (Fsp3) is 0.316. The van der Waals surface area contributed by atoms with Crippen molar-refractivity contribution < 1.29 is 23.8 Å². The highest BCUT2D eigenvalue weighted by Gasteiger charge is 2.22. The fourth-order valence-corrected chi connectivity index (χ4v) is 2.84. The molecule has 142 valence electrons. The van der Waals surface area contributed by atoms with E-state index in [1.807, 2.05) is 6.92 Å². The summed E-state index contributed by atoms with van der Waals surface area (Å²) < 4.78 is 12.3. The van der Waals surface area contributed by atoms with Gasteiger partial charge in [-0.3, -0.25) is 14.3 Å². The van der Waals surface area contributed by atoms with Gasteiger partial charge in [-0.2, -0.15) is 5.10 Å². The summed E-state index contributed by atoms with van der Waals surface area (Å²) in [5, 5.41) is 17.2. The van der Waals surface area contributed by atoms with Gasteiger partial charge < -0.3 is 19.6 Å². The standard InChI is InChI=1S/C19H21N3O5/c1-10-18(11(2)22(4)21-10)20-19(25)12(3)27-17(24)7-13-9-26-16-8-14(23)5-6-15(13)16/h5-6,8-9,12,23H,7H2,1-4H3,(H,20,25)/t12-/m0/s1. The van der Waals surface area contributed by atoms with Crippen LogP contribution in [0.3, 0.4) is 0 Å². The molecule has 0 aliphatic carbocycles. The third-order valence-corrected chi connectivity index (χ3v) is 4.41. The number of carbonyl (C=O) groups is 2. The first kappa shape index (κ1) is 18.5. The Morgan fingerprint density at radius 2 is 2.11 bits per heavy atom. The average molecular weight is 371 g/mol. The number of hydrogen-bond donors (Lipinski definition) is 2. The molecule has 0 aliphatic rings. The smallest absolute Gasteiger partial charge is 0.311 e. The van der Waals surface area contributed by atoms with Crippen LogP contribution in [-0.2, 0) is 27.8 Å². The number of ether oxygens (including phenoxy) is 1. The van der Waals surface area contributed by atoms with E-state index in [4.69, 9.17) is 9.15 Å². The molecule has 1 atom stereocenters. The molecule has 0 fully saturated rings. The minimum Gasteiger partial charge on any atom is -0.508 e. The summed E-state index contributed by atoms with van der Waals surface area (Å²) in [4.78, 5) is 24.6. The van der Waals surface area contributed by atoms with E-state index in [0.717, 1.165) is 5.69 Å². The third-order valence-electron chi connectivity index (χ3n) is 4.41. The van der Waals surface area contributed by atoms with Crippen molar-refractivity contribution >= 4 is 28.5 Å². The topological polar surface area (TPSA) is 107 Å². The first-order chi connectivity index (χ1) is 12.8. The number of aromatic nitrogens is 2. The zero-order valence-corrected chi connectivity index (χ0v) is 15.6. The zero-order chi connectivity index (χ0) is 19.7. The second-order valence-electron chi connectivity index (χ2n) is 6.41. The molecule has 0 spiro atoms. The van der Waals surface area contributed by atoms with Crippen molar-refractivity contribution in [3.8, 4) is 5.75 Å². The lowest BCUT2D eigenvalue weighted by Gasteiger charge is -2.13. The number of aromatic hydroxyl groups is 1. The Labute approximate surface area is 155 Å². The summed E-state index contributed by atoms with van der Waals surface area (Å²) in [5.41, 5.74) is 3.22. The molecule has 0 aliphatic heterocycles. The van der Waals surface area contributed by atoms with E-state index in [9.17, 15) is 14.7 Å². The largest absolute Gasteiger partial charge is 0.508 e. The van der Waals surface area contributed by atoms with E-state index in [1.54, 1.807) is 24.7 Å². The van der Waals surface area contributed by atoms with Crippen LogP contribution in [0.4, 0.5) is 5.69 Å². The molecular formula is C19H21N3O5. The van der Waals surface area contributed by atoms with Crippen LogP contribution in [0, 0.1) is 13.8 Å². The van der Waals surface area contributed by atoms with E-state index < -0.39 is 18.0 Å². The van der Waals surface area contributed by atoms with Crippen LogP contribution in [0.2, 0.25) is 0 Å². The van der Waals surface area contributed by atoms with Crippen LogP contribution >= 0.6 is 0 Å². The Bertz CT molecular complexity index is 1020. The monoisotopic (exact) mass is 371 g/mol. The number of anilines is 1. The average Bonchev–Trinajstić information content (AvgIpc) is 3.09. The zero-order valence-electron chi connectivity index (χ0n) is 15.6. The number of furan rings is 1. The highest BCUT2D eigenvalue weighted by molar-refractivity contribution is 5.96. The van der Waals surface area contributed by atoms with E-state index >= 15 is 0 Å². The lowest BCUT2D eigenvalue weighted by Crippen LogP contribution is -2.30. The van der Waals surface area contributed by atoms with E-state index in [0.29, 0.717) is 27.9 Å². The normalized spacial score (nSPS) is 12.1. The quantitative estimate of drug-likeness (QED) is 0.668. The maximum Gasteiger partial charge on any atom is 0.311 e. The SMILES string of the molecule is Cc1nn(C)c(C)c1NC(=O)[C@H](C)OC(=O)Cc1coc2cc(O)ccc12. The van der Waals surface area contributed by atoms with Crippen molar-refractivity contribution in [2.75, 3.05) is 5.32 Å². The first-order valence-corrected chi connectivity index (χ1v) is 8.46. The van der Waals surface area contributed by atoms with Gasteiger partial charge in [0.1, 0.15) is 11.3 Å². The molecule has 0 saturated carbocycles. The van der Waals surface area contributed by atoms with Crippen molar-refractivity contribution in [3.63, 3.8) is 0 Å². The van der Waals surface area contributed by atoms with E-state index in [1.165, 1.54) is 25.3 Å². The van der Waals surface area contributed by atoms with Crippen LogP contribution in [0.15, 0.2) is 28.9 Å². The number of aryl methyl sites for hydroxylation is 2. The summed E-state index contributed by atoms with van der Waals surface area (Å²) in [6.07, 6.45) is 0.442. The van der Waals surface area contributed by atoms with Crippen LogP contribution in [-0.4, -0.2) is 32.9 Å². The summed E-state index contributed by atoms with van der Waals surface area (Å²) in [7, 11) is 1.79. The van der Waals surface area contributed by atoms with Gasteiger partial charge >= 0.3 is 5.97 Å². The summed E-state index contributed by atoms with van der Waals surface area (Å²) in [5.74, 6) is -0.894. The van der Waals surface area contributed by atoms with Crippen LogP contribution in [0.25, 0.3) is 11.0 Å². The molecule has 1 amide bonds. The van der Waals surface area contributed by atoms with Gasteiger partial charge in [0.05, 0.1) is 29.8 Å². The van der Waals surface area contributed by atoms with Gasteiger partial charge in [0.25, 0.3) is 5.91 Å². The number of rotatable bonds is 5. The van der Waals surface area contributed by atoms with Gasteiger partial charge in [-0.15, -0.1) is 0 Å². The minimum absolute atomic E-state index is 0.0413. The number of amides is 1. The molecule has 27 heavy (non-hydrogen) atoms. The maximum atomic E-state index is 12.3. The number of carbonyl (C=O) groups excluding carboxylic acids is 2. The predicted octanol–water partition coefficient (Wildman–Crippen LogP) is 2.60. The Morgan fingerprint density at radius 1 is 1.37 bits per heavy atom. The molecule has 1 aromatic carbocycles. The van der Waals surface area contributed by atoms with Crippen molar-refractivity contribution in [1.29, 1.82) is 0 Å². The molecule has 0 unspecified atom stereocenters. The Balaban J connectivity index is 1.63. The molecule has 8 heteroatoms. The van der Waals surface area contributed by atoms with Gasteiger partial charge in [0, 0.05) is 24.1 Å². The van der Waals surface area contributed by atoms with Crippen LogP contribution in [0.1, 0.15) is 23.9 Å². The number of hydrogen-bond acceptors (Lipinski definition) is 6. The summed E-state index contributed by atoms with van der Waals surface area (Å²) in [6, 6.07) is 4.65. The molecule has 0 radical (unpaired) electrons. The highest BCUT2D eigenvalue weighted by Crippen LogP contribution is 2.25. The van der Waals surface area contributed by atoms with Crippen molar-refractivity contribution in [2.45, 2.75) is 33.3 Å². The van der Waals surface area contributed by atoms with Crippen LogP contribution in [0.5, 0.6) is 5.75 Å². The molecular weight excluding hydrogens is 350 g/mol. The number of nitrogens with zero attached hydrogens (tertiary/aromatic N) is 2. The molecule has 3 rings (SSSR count). The predicted molar refractivity (Wildman–Crippen MR) is 98.4 cm³/mol. The Hall–Kier alpha value is -3.29. The van der Waals surface area contributed by atoms with E-state index in [2.05, 4.69) is 10.4 Å². The second kappa shape index (κ2) is 7.14. The fourth-order valence-electron chi connectivity index (χ4n) is 2.84. The lowest BCUT2D eigenvalue weighted by atomic mass is 10.1. The molecule has 0 bridgehead atoms. The van der Waals surface area contributed by atoms with Gasteiger partial charge in [0.15, 0.2) is 6.10 Å². The number of benzene rings is 1. The van der Waals surface area contributed by atoms with Crippen molar-refractivity contribution in [2.24, 2.45) is 7.05 Å². The minimum atomic E-state index is -0.960. The van der Waals surface area contributed by atoms with Crippen LogP contribution < -0.4 is 5.32 Å². The second-order valence-corrected chi connectivity index (χ2v) is 6.41. The highest BCUT2D eigenvalue weighted by atomic mass is 16.5. The maximum absolute atomic E-state index is 12.3. The van der Waals surface area contributed by atoms with Gasteiger partial charge in [-0.1, -0.05) is 0 Å².